The molecule has 0 saturated carbocycles. The molecule has 0 fully saturated rings. The molecule has 5 nitrogen and oxygen atoms in total. The van der Waals surface area contributed by atoms with Crippen LogP contribution in [0.3, 0.4) is 0 Å². The van der Waals surface area contributed by atoms with E-state index < -0.39 is 12.2 Å². The molecule has 1 aliphatic rings. The molecule has 122 valence electrons. The number of ether oxygens (including phenoxy) is 2. The summed E-state index contributed by atoms with van der Waals surface area (Å²) in [5, 5.41) is 10.2. The van der Waals surface area contributed by atoms with Crippen LogP contribution in [0.5, 0.6) is 0 Å². The van der Waals surface area contributed by atoms with E-state index in [0.717, 1.165) is 17.5 Å². The first kappa shape index (κ1) is 17.1. The minimum absolute atomic E-state index is 0.0946. The van der Waals surface area contributed by atoms with Gasteiger partial charge in [0.25, 0.3) is 0 Å². The number of nitrogens with zero attached hydrogens (tertiary/aromatic N) is 1. The maximum atomic E-state index is 11.7. The Balaban J connectivity index is 2.42. The standard InChI is InChI=1S/C16H22ClNO4/c1-10(2)18(16(19)20)13-8-7-11-5-4-6-12(17)14(11)15(13)22-9-21-3/h4-6,10,13,15H,7-9H2,1-3H3,(H,19,20)/t13-,15-/m1/s1. The van der Waals surface area contributed by atoms with Gasteiger partial charge in [0, 0.05) is 23.7 Å². The van der Waals surface area contributed by atoms with Gasteiger partial charge in [0.2, 0.25) is 0 Å². The summed E-state index contributed by atoms with van der Waals surface area (Å²) in [6.07, 6.45) is 0.119. The molecule has 2 rings (SSSR count). The minimum Gasteiger partial charge on any atom is -0.465 e. The van der Waals surface area contributed by atoms with Crippen molar-refractivity contribution in [2.24, 2.45) is 0 Å². The minimum atomic E-state index is -0.943. The van der Waals surface area contributed by atoms with Gasteiger partial charge in [0.15, 0.2) is 0 Å². The number of rotatable bonds is 5. The molecule has 0 heterocycles. The number of carbonyl (C=O) groups is 1. The fourth-order valence-electron chi connectivity index (χ4n) is 3.13. The van der Waals surface area contributed by atoms with Gasteiger partial charge in [-0.25, -0.2) is 4.79 Å². The van der Waals surface area contributed by atoms with Crippen molar-refractivity contribution < 1.29 is 19.4 Å². The molecule has 1 amide bonds. The summed E-state index contributed by atoms with van der Waals surface area (Å²) in [7, 11) is 1.54. The van der Waals surface area contributed by atoms with Crippen LogP contribution in [0.2, 0.25) is 5.02 Å². The zero-order valence-electron chi connectivity index (χ0n) is 13.1. The number of amides is 1. The lowest BCUT2D eigenvalue weighted by atomic mass is 9.84. The normalized spacial score (nSPS) is 20.8. The van der Waals surface area contributed by atoms with E-state index in [9.17, 15) is 9.90 Å². The average molecular weight is 328 g/mol. The molecule has 0 bridgehead atoms. The second-order valence-electron chi connectivity index (χ2n) is 5.70. The van der Waals surface area contributed by atoms with Gasteiger partial charge in [0.1, 0.15) is 12.9 Å². The van der Waals surface area contributed by atoms with E-state index in [4.69, 9.17) is 21.1 Å². The Morgan fingerprint density at radius 3 is 2.82 bits per heavy atom. The first-order chi connectivity index (χ1) is 10.5. The summed E-state index contributed by atoms with van der Waals surface area (Å²) in [5.74, 6) is 0. The van der Waals surface area contributed by atoms with Crippen LogP contribution in [-0.2, 0) is 15.9 Å². The summed E-state index contributed by atoms with van der Waals surface area (Å²) in [4.78, 5) is 13.1. The molecule has 0 aliphatic heterocycles. The van der Waals surface area contributed by atoms with Crippen molar-refractivity contribution in [1.82, 2.24) is 4.90 Å². The third-order valence-corrected chi connectivity index (χ3v) is 4.32. The zero-order valence-corrected chi connectivity index (χ0v) is 13.8. The molecule has 2 atom stereocenters. The highest BCUT2D eigenvalue weighted by atomic mass is 35.5. The van der Waals surface area contributed by atoms with E-state index in [2.05, 4.69) is 0 Å². The van der Waals surface area contributed by atoms with Gasteiger partial charge in [-0.2, -0.15) is 0 Å². The molecular weight excluding hydrogens is 306 g/mol. The number of fused-ring (bicyclic) bond motifs is 1. The third-order valence-electron chi connectivity index (χ3n) is 3.99. The van der Waals surface area contributed by atoms with Gasteiger partial charge in [-0.3, -0.25) is 4.90 Å². The fraction of sp³-hybridized carbons (Fsp3) is 0.562. The Morgan fingerprint density at radius 2 is 2.23 bits per heavy atom. The van der Waals surface area contributed by atoms with Gasteiger partial charge in [-0.05, 0) is 38.3 Å². The van der Waals surface area contributed by atoms with E-state index in [-0.39, 0.29) is 18.9 Å². The van der Waals surface area contributed by atoms with Crippen LogP contribution in [0.4, 0.5) is 4.79 Å². The Kier molecular flexibility index (Phi) is 5.67. The number of hydrogen-bond donors (Lipinski definition) is 1. The van der Waals surface area contributed by atoms with E-state index >= 15 is 0 Å². The summed E-state index contributed by atoms with van der Waals surface area (Å²) in [6, 6.07) is 5.32. The van der Waals surface area contributed by atoms with Gasteiger partial charge < -0.3 is 14.6 Å². The maximum absolute atomic E-state index is 11.7. The third kappa shape index (κ3) is 3.37. The molecule has 0 unspecified atom stereocenters. The van der Waals surface area contributed by atoms with Crippen LogP contribution in [0.25, 0.3) is 0 Å². The Bertz CT molecular complexity index is 535. The lowest BCUT2D eigenvalue weighted by molar-refractivity contribution is -0.106. The maximum Gasteiger partial charge on any atom is 0.407 e. The highest BCUT2D eigenvalue weighted by Gasteiger charge is 2.39. The number of carboxylic acid groups (broad SMARTS) is 1. The highest BCUT2D eigenvalue weighted by molar-refractivity contribution is 6.31. The Morgan fingerprint density at radius 1 is 1.50 bits per heavy atom. The second kappa shape index (κ2) is 7.31. The molecule has 1 aromatic rings. The number of hydrogen-bond acceptors (Lipinski definition) is 3. The van der Waals surface area contributed by atoms with Crippen LogP contribution in [0, 0.1) is 0 Å². The van der Waals surface area contributed by atoms with Crippen molar-refractivity contribution in [3.63, 3.8) is 0 Å². The van der Waals surface area contributed by atoms with Crippen LogP contribution in [0.15, 0.2) is 18.2 Å². The summed E-state index contributed by atoms with van der Waals surface area (Å²) in [5.41, 5.74) is 1.99. The van der Waals surface area contributed by atoms with Crippen LogP contribution in [-0.4, -0.2) is 42.1 Å². The molecule has 0 saturated heterocycles. The van der Waals surface area contributed by atoms with E-state index in [1.807, 2.05) is 32.0 Å². The fourth-order valence-corrected chi connectivity index (χ4v) is 3.43. The molecule has 0 radical (unpaired) electrons. The first-order valence-corrected chi connectivity index (χ1v) is 7.74. The summed E-state index contributed by atoms with van der Waals surface area (Å²) < 4.78 is 10.8. The summed E-state index contributed by atoms with van der Waals surface area (Å²) >= 11 is 6.36. The topological polar surface area (TPSA) is 59.0 Å². The Labute approximate surface area is 135 Å². The summed E-state index contributed by atoms with van der Waals surface area (Å²) in [6.45, 7) is 3.82. The number of aryl methyl sites for hydroxylation is 1. The average Bonchev–Trinajstić information content (AvgIpc) is 2.45. The van der Waals surface area contributed by atoms with Gasteiger partial charge in [-0.1, -0.05) is 23.7 Å². The molecule has 1 N–H and O–H groups in total. The zero-order chi connectivity index (χ0) is 16.3. The van der Waals surface area contributed by atoms with E-state index in [1.54, 1.807) is 7.11 Å². The molecule has 1 aromatic carbocycles. The van der Waals surface area contributed by atoms with Crippen molar-refractivity contribution in [2.75, 3.05) is 13.9 Å². The lowest BCUT2D eigenvalue weighted by Crippen LogP contribution is -2.49. The smallest absolute Gasteiger partial charge is 0.407 e. The molecular formula is C16H22ClNO4. The number of methoxy groups -OCH3 is 1. The largest absolute Gasteiger partial charge is 0.465 e. The van der Waals surface area contributed by atoms with Crippen LogP contribution < -0.4 is 0 Å². The Hall–Kier alpha value is -1.30. The lowest BCUT2D eigenvalue weighted by Gasteiger charge is -2.41. The second-order valence-corrected chi connectivity index (χ2v) is 6.10. The quantitative estimate of drug-likeness (QED) is 0.838. The molecule has 0 aromatic heterocycles. The number of halogens is 1. The SMILES string of the molecule is COCO[C@H]1c2c(Cl)cccc2CC[C@H]1N(C(=O)O)C(C)C. The van der Waals surface area contributed by atoms with Crippen LogP contribution in [0.1, 0.15) is 37.5 Å². The predicted molar refractivity (Wildman–Crippen MR) is 84.3 cm³/mol. The van der Waals surface area contributed by atoms with Crippen molar-refractivity contribution in [3.8, 4) is 0 Å². The van der Waals surface area contributed by atoms with Crippen molar-refractivity contribution >= 4 is 17.7 Å². The monoisotopic (exact) mass is 327 g/mol. The van der Waals surface area contributed by atoms with Crippen molar-refractivity contribution in [3.05, 3.63) is 34.3 Å². The van der Waals surface area contributed by atoms with E-state index in [1.165, 1.54) is 4.90 Å². The van der Waals surface area contributed by atoms with Crippen molar-refractivity contribution in [1.29, 1.82) is 0 Å². The molecule has 0 spiro atoms. The van der Waals surface area contributed by atoms with Gasteiger partial charge in [0.05, 0.1) is 6.04 Å². The van der Waals surface area contributed by atoms with Gasteiger partial charge >= 0.3 is 6.09 Å². The molecule has 1 aliphatic carbocycles. The number of benzene rings is 1. The molecule has 22 heavy (non-hydrogen) atoms. The predicted octanol–water partition coefficient (Wildman–Crippen LogP) is 3.70. The van der Waals surface area contributed by atoms with Crippen molar-refractivity contribution in [2.45, 2.75) is 44.9 Å². The van der Waals surface area contributed by atoms with Crippen LogP contribution >= 0.6 is 11.6 Å². The van der Waals surface area contributed by atoms with Gasteiger partial charge in [-0.15, -0.1) is 0 Å². The van der Waals surface area contributed by atoms with E-state index in [0.29, 0.717) is 11.4 Å². The first-order valence-electron chi connectivity index (χ1n) is 7.36. The molecule has 6 heteroatoms. The highest BCUT2D eigenvalue weighted by Crippen LogP contribution is 2.40.